The second-order valence-electron chi connectivity index (χ2n) is 11.4. The highest BCUT2D eigenvalue weighted by Crippen LogP contribution is 2.29. The normalized spacial score (nSPS) is 14.3. The van der Waals surface area contributed by atoms with Crippen LogP contribution in [0.3, 0.4) is 0 Å². The first-order valence-electron chi connectivity index (χ1n) is 14.6. The molecule has 3 aromatic rings. The molecule has 0 unspecified atom stereocenters. The number of aromatic nitrogens is 1. The first-order valence-corrected chi connectivity index (χ1v) is 14.6. The van der Waals surface area contributed by atoms with Crippen molar-refractivity contribution >= 4 is 11.8 Å². The predicted molar refractivity (Wildman–Crippen MR) is 154 cm³/mol. The minimum atomic E-state index is -4.48. The third kappa shape index (κ3) is 8.47. The predicted octanol–water partition coefficient (Wildman–Crippen LogP) is 7.41. The molecule has 1 heterocycles. The van der Waals surface area contributed by atoms with Crippen molar-refractivity contribution in [2.75, 3.05) is 13.1 Å². The molecule has 1 aromatic heterocycles. The molecule has 2 aromatic carbocycles. The zero-order valence-corrected chi connectivity index (χ0v) is 23.9. The Morgan fingerprint density at radius 3 is 2.24 bits per heavy atom. The van der Waals surface area contributed by atoms with Gasteiger partial charge >= 0.3 is 6.18 Å². The van der Waals surface area contributed by atoms with Gasteiger partial charge in [0, 0.05) is 36.6 Å². The van der Waals surface area contributed by atoms with Crippen LogP contribution in [0.1, 0.15) is 79.6 Å². The van der Waals surface area contributed by atoms with Crippen molar-refractivity contribution in [1.82, 2.24) is 14.4 Å². The smallest absolute Gasteiger partial charge is 0.345 e. The van der Waals surface area contributed by atoms with Gasteiger partial charge in [-0.05, 0) is 67.1 Å². The van der Waals surface area contributed by atoms with Crippen molar-refractivity contribution in [3.8, 4) is 0 Å². The van der Waals surface area contributed by atoms with Crippen molar-refractivity contribution < 1.29 is 22.8 Å². The monoisotopic (exact) mass is 567 g/mol. The summed E-state index contributed by atoms with van der Waals surface area (Å²) in [4.78, 5) is 30.9. The number of benzene rings is 2. The lowest BCUT2D eigenvalue weighted by Crippen LogP contribution is -2.48. The van der Waals surface area contributed by atoms with Crippen LogP contribution in [0.2, 0.25) is 0 Å². The zero-order valence-electron chi connectivity index (χ0n) is 23.9. The fourth-order valence-electron chi connectivity index (χ4n) is 5.42. The first kappa shape index (κ1) is 30.4. The summed E-state index contributed by atoms with van der Waals surface area (Å²) < 4.78 is 41.4. The van der Waals surface area contributed by atoms with Gasteiger partial charge in [-0.2, -0.15) is 13.2 Å². The Balaban J connectivity index is 1.55. The third-order valence-corrected chi connectivity index (χ3v) is 7.84. The van der Waals surface area contributed by atoms with Gasteiger partial charge in [0.2, 0.25) is 5.91 Å². The molecule has 0 spiro atoms. The van der Waals surface area contributed by atoms with Crippen LogP contribution < -0.4 is 0 Å². The van der Waals surface area contributed by atoms with Crippen LogP contribution in [-0.2, 0) is 24.1 Å². The molecule has 0 atom stereocenters. The van der Waals surface area contributed by atoms with Crippen LogP contribution in [0.25, 0.3) is 0 Å². The maximum atomic E-state index is 14.0. The molecule has 41 heavy (non-hydrogen) atoms. The number of carbonyl (C=O) groups excluding carboxylic acids is 2. The van der Waals surface area contributed by atoms with Crippen LogP contribution >= 0.6 is 0 Å². The molecule has 220 valence electrons. The van der Waals surface area contributed by atoms with Gasteiger partial charge in [0.25, 0.3) is 5.91 Å². The van der Waals surface area contributed by atoms with Gasteiger partial charge in [0.15, 0.2) is 0 Å². The van der Waals surface area contributed by atoms with Crippen molar-refractivity contribution in [2.45, 2.75) is 77.7 Å². The molecular formula is C33H40F3N3O2. The Bertz CT molecular complexity index is 1260. The number of halogens is 3. The molecule has 1 aliphatic rings. The maximum Gasteiger partial charge on any atom is 0.416 e. The molecule has 4 rings (SSSR count). The highest BCUT2D eigenvalue weighted by molar-refractivity contribution is 5.96. The van der Waals surface area contributed by atoms with Gasteiger partial charge < -0.3 is 14.4 Å². The number of nitrogens with zero attached hydrogens (tertiary/aromatic N) is 3. The minimum absolute atomic E-state index is 0.0874. The molecule has 0 aliphatic heterocycles. The fraction of sp³-hybridized carbons (Fsp3) is 0.455. The quantitative estimate of drug-likeness (QED) is 0.242. The summed E-state index contributed by atoms with van der Waals surface area (Å²) in [6.45, 7) is 5.46. The lowest BCUT2D eigenvalue weighted by Gasteiger charge is -2.36. The van der Waals surface area contributed by atoms with E-state index in [1.165, 1.54) is 22.6 Å². The van der Waals surface area contributed by atoms with Gasteiger partial charge in [0.1, 0.15) is 6.54 Å². The Hall–Kier alpha value is -3.55. The number of rotatable bonds is 11. The van der Waals surface area contributed by atoms with Gasteiger partial charge in [-0.3, -0.25) is 9.59 Å². The standard InChI is InChI=1S/C33H40F3N3O2/c1-25(2)19-21-38(32(41)27-15-17-28(18-16-27)33(34,35)36)24-31(40)39(29-12-7-4-8-13-29)23-30-14-9-20-37(30)22-26-10-5-3-6-11-26/h3,5-6,9-11,14-18,20,25,29H,4,7-8,12-13,19,21-24H2,1-2H3. The van der Waals surface area contributed by atoms with E-state index in [1.54, 1.807) is 0 Å². The number of amides is 2. The summed E-state index contributed by atoms with van der Waals surface area (Å²) in [5, 5.41) is 0. The van der Waals surface area contributed by atoms with Crippen molar-refractivity contribution in [2.24, 2.45) is 5.92 Å². The molecule has 8 heteroatoms. The van der Waals surface area contributed by atoms with Gasteiger partial charge in [-0.15, -0.1) is 0 Å². The van der Waals surface area contributed by atoms with Gasteiger partial charge in [-0.25, -0.2) is 0 Å². The van der Waals surface area contributed by atoms with Crippen LogP contribution in [0.5, 0.6) is 0 Å². The van der Waals surface area contributed by atoms with E-state index in [9.17, 15) is 22.8 Å². The van der Waals surface area contributed by atoms with E-state index in [-0.39, 0.29) is 24.1 Å². The third-order valence-electron chi connectivity index (χ3n) is 7.84. The summed E-state index contributed by atoms with van der Waals surface area (Å²) in [5.74, 6) is -0.263. The van der Waals surface area contributed by atoms with E-state index in [0.29, 0.717) is 32.0 Å². The average Bonchev–Trinajstić information content (AvgIpc) is 3.40. The van der Waals surface area contributed by atoms with E-state index in [2.05, 4.69) is 16.7 Å². The van der Waals surface area contributed by atoms with Crippen molar-refractivity contribution in [3.05, 3.63) is 95.3 Å². The molecule has 1 fully saturated rings. The fourth-order valence-corrected chi connectivity index (χ4v) is 5.42. The largest absolute Gasteiger partial charge is 0.416 e. The Labute approximate surface area is 241 Å². The molecule has 1 saturated carbocycles. The highest BCUT2D eigenvalue weighted by Gasteiger charge is 2.32. The van der Waals surface area contributed by atoms with E-state index < -0.39 is 17.6 Å². The van der Waals surface area contributed by atoms with Gasteiger partial charge in [-0.1, -0.05) is 63.4 Å². The molecule has 1 aliphatic carbocycles. The number of carbonyl (C=O) groups is 2. The zero-order chi connectivity index (χ0) is 29.4. The van der Waals surface area contributed by atoms with E-state index in [4.69, 9.17) is 0 Å². The first-order chi connectivity index (χ1) is 19.6. The molecular weight excluding hydrogens is 527 g/mol. The number of hydrogen-bond acceptors (Lipinski definition) is 2. The Morgan fingerprint density at radius 2 is 1.61 bits per heavy atom. The van der Waals surface area contributed by atoms with Crippen LogP contribution in [0.15, 0.2) is 72.9 Å². The topological polar surface area (TPSA) is 45.6 Å². The van der Waals surface area contributed by atoms with E-state index >= 15 is 0 Å². The van der Waals surface area contributed by atoms with E-state index in [0.717, 1.165) is 49.9 Å². The summed E-state index contributed by atoms with van der Waals surface area (Å²) >= 11 is 0. The summed E-state index contributed by atoms with van der Waals surface area (Å²) in [5.41, 5.74) is 1.54. The van der Waals surface area contributed by atoms with Crippen molar-refractivity contribution in [3.63, 3.8) is 0 Å². The lowest BCUT2D eigenvalue weighted by molar-refractivity contribution is -0.137. The summed E-state index contributed by atoms with van der Waals surface area (Å²) in [6.07, 6.45) is 3.33. The number of alkyl halides is 3. The molecule has 0 saturated heterocycles. The molecule has 0 bridgehead atoms. The molecule has 2 amide bonds. The molecule has 0 radical (unpaired) electrons. The Morgan fingerprint density at radius 1 is 0.927 bits per heavy atom. The SMILES string of the molecule is CC(C)CCN(CC(=O)N(Cc1cccn1Cc1ccccc1)C1CCCCC1)C(=O)c1ccc(C(F)(F)F)cc1. The Kier molecular flexibility index (Phi) is 10.3. The van der Waals surface area contributed by atoms with Gasteiger partial charge in [0.05, 0.1) is 12.1 Å². The van der Waals surface area contributed by atoms with Crippen LogP contribution in [0, 0.1) is 5.92 Å². The van der Waals surface area contributed by atoms with Crippen molar-refractivity contribution in [1.29, 1.82) is 0 Å². The van der Waals surface area contributed by atoms with E-state index in [1.807, 2.05) is 55.3 Å². The lowest BCUT2D eigenvalue weighted by atomic mass is 9.94. The molecule has 0 N–H and O–H groups in total. The average molecular weight is 568 g/mol. The highest BCUT2D eigenvalue weighted by atomic mass is 19.4. The second kappa shape index (κ2) is 13.9. The summed E-state index contributed by atoms with van der Waals surface area (Å²) in [6, 6.07) is 18.5. The summed E-state index contributed by atoms with van der Waals surface area (Å²) in [7, 11) is 0. The maximum absolute atomic E-state index is 14.0. The number of hydrogen-bond donors (Lipinski definition) is 0. The minimum Gasteiger partial charge on any atom is -0.345 e. The second-order valence-corrected chi connectivity index (χ2v) is 11.4. The van der Waals surface area contributed by atoms with Crippen LogP contribution in [0.4, 0.5) is 13.2 Å². The van der Waals surface area contributed by atoms with Crippen LogP contribution in [-0.4, -0.2) is 45.3 Å². The molecule has 5 nitrogen and oxygen atoms in total.